The highest BCUT2D eigenvalue weighted by atomic mass is 127. The number of methoxy groups -OCH3 is 1. The van der Waals surface area contributed by atoms with Gasteiger partial charge in [0.15, 0.2) is 5.96 Å². The molecule has 0 aromatic carbocycles. The van der Waals surface area contributed by atoms with E-state index < -0.39 is 5.60 Å². The van der Waals surface area contributed by atoms with E-state index in [2.05, 4.69) is 20.6 Å². The van der Waals surface area contributed by atoms with Crippen molar-refractivity contribution in [3.05, 3.63) is 30.1 Å². The van der Waals surface area contributed by atoms with Crippen LogP contribution >= 0.6 is 24.0 Å². The Morgan fingerprint density at radius 2 is 1.94 bits per heavy atom. The van der Waals surface area contributed by atoms with Gasteiger partial charge in [-0.05, 0) is 59.6 Å². The smallest absolute Gasteiger partial charge is 0.410 e. The number of nitrogens with zero attached hydrogens (tertiary/aromatic N) is 3. The van der Waals surface area contributed by atoms with E-state index in [1.165, 1.54) is 0 Å². The molecule has 1 amide bonds. The summed E-state index contributed by atoms with van der Waals surface area (Å²) in [5, 5.41) is 6.55. The Hall–Kier alpha value is -1.62. The normalized spacial score (nSPS) is 12.0. The van der Waals surface area contributed by atoms with Crippen LogP contribution in [0.1, 0.15) is 53.5 Å². The highest BCUT2D eigenvalue weighted by Gasteiger charge is 2.22. The maximum atomic E-state index is 12.7. The Morgan fingerprint density at radius 1 is 1.23 bits per heavy atom. The lowest BCUT2D eigenvalue weighted by molar-refractivity contribution is 0.0231. The van der Waals surface area contributed by atoms with Gasteiger partial charge in [-0.3, -0.25) is 9.98 Å². The number of carbonyl (C=O) groups excluding carboxylic acids is 1. The van der Waals surface area contributed by atoms with Crippen LogP contribution in [0, 0.1) is 0 Å². The first kappa shape index (κ1) is 29.4. The zero-order valence-electron chi connectivity index (χ0n) is 20.0. The van der Waals surface area contributed by atoms with Crippen LogP contribution in [-0.4, -0.2) is 66.4 Å². The van der Waals surface area contributed by atoms with E-state index in [0.717, 1.165) is 24.5 Å². The van der Waals surface area contributed by atoms with Crippen LogP contribution in [0.3, 0.4) is 0 Å². The molecule has 2 N–H and O–H groups in total. The predicted octanol–water partition coefficient (Wildman–Crippen LogP) is 3.81. The summed E-state index contributed by atoms with van der Waals surface area (Å²) in [5.74, 6) is 0.735. The van der Waals surface area contributed by atoms with Gasteiger partial charge in [0, 0.05) is 39.1 Å². The Balaban J connectivity index is 0.00000900. The minimum absolute atomic E-state index is 0. The molecule has 178 valence electrons. The molecule has 31 heavy (non-hydrogen) atoms. The van der Waals surface area contributed by atoms with Crippen molar-refractivity contribution >= 4 is 36.0 Å². The van der Waals surface area contributed by atoms with Gasteiger partial charge in [-0.25, -0.2) is 4.79 Å². The van der Waals surface area contributed by atoms with E-state index in [-0.39, 0.29) is 35.7 Å². The molecule has 1 aromatic rings. The number of nitrogens with one attached hydrogen (secondary N) is 2. The van der Waals surface area contributed by atoms with Gasteiger partial charge in [-0.2, -0.15) is 0 Å². The molecular formula is C22H40IN5O3. The van der Waals surface area contributed by atoms with E-state index >= 15 is 0 Å². The number of amides is 1. The van der Waals surface area contributed by atoms with Gasteiger partial charge in [0.1, 0.15) is 5.60 Å². The third-order valence-electron chi connectivity index (χ3n) is 4.16. The SMILES string of the molecule is CCNC(=NCC(C)(C)OC)NCCCN(Cc1cccnc1)C(=O)OC(C)(C)C.I. The minimum atomic E-state index is -0.540. The van der Waals surface area contributed by atoms with E-state index in [4.69, 9.17) is 9.47 Å². The number of halogens is 1. The maximum Gasteiger partial charge on any atom is 0.410 e. The third kappa shape index (κ3) is 13.4. The number of carbonyl (C=O) groups is 1. The highest BCUT2D eigenvalue weighted by molar-refractivity contribution is 14.0. The summed E-state index contributed by atoms with van der Waals surface area (Å²) in [6, 6.07) is 3.82. The van der Waals surface area contributed by atoms with Crippen molar-refractivity contribution < 1.29 is 14.3 Å². The molecule has 9 heteroatoms. The molecule has 1 heterocycles. The topological polar surface area (TPSA) is 88.1 Å². The molecule has 0 spiro atoms. The summed E-state index contributed by atoms with van der Waals surface area (Å²) in [6.07, 6.45) is 3.91. The molecule has 0 unspecified atom stereocenters. The first-order chi connectivity index (χ1) is 14.1. The molecule has 0 aliphatic carbocycles. The highest BCUT2D eigenvalue weighted by Crippen LogP contribution is 2.13. The molecule has 0 radical (unpaired) electrons. The maximum absolute atomic E-state index is 12.7. The van der Waals surface area contributed by atoms with Crippen LogP contribution in [0.15, 0.2) is 29.5 Å². The van der Waals surface area contributed by atoms with Crippen molar-refractivity contribution in [2.45, 2.75) is 65.7 Å². The zero-order chi connectivity index (χ0) is 22.6. The minimum Gasteiger partial charge on any atom is -0.444 e. The average molecular weight is 549 g/mol. The first-order valence-corrected chi connectivity index (χ1v) is 10.5. The molecule has 0 atom stereocenters. The van der Waals surface area contributed by atoms with Crippen LogP contribution in [0.4, 0.5) is 4.79 Å². The molecule has 0 saturated heterocycles. The number of aliphatic imine (C=N–C) groups is 1. The standard InChI is InChI=1S/C22H39N5O3.HI/c1-8-24-19(26-17-22(5,6)29-7)25-13-10-14-27(20(28)30-21(2,3)4)16-18-11-9-12-23-15-18;/h9,11-12,15H,8,10,13-14,16-17H2,1-7H3,(H2,24,25,26);1H. The fourth-order valence-electron chi connectivity index (χ4n) is 2.43. The molecule has 1 aromatic heterocycles. The van der Waals surface area contributed by atoms with Gasteiger partial charge in [-0.15, -0.1) is 24.0 Å². The summed E-state index contributed by atoms with van der Waals surface area (Å²) in [5.41, 5.74) is 0.106. The van der Waals surface area contributed by atoms with Crippen molar-refractivity contribution in [1.29, 1.82) is 0 Å². The van der Waals surface area contributed by atoms with Crippen molar-refractivity contribution in [3.63, 3.8) is 0 Å². The molecule has 0 saturated carbocycles. The van der Waals surface area contributed by atoms with Crippen LogP contribution in [-0.2, 0) is 16.0 Å². The Labute approximate surface area is 204 Å². The average Bonchev–Trinajstić information content (AvgIpc) is 2.67. The Morgan fingerprint density at radius 3 is 2.48 bits per heavy atom. The monoisotopic (exact) mass is 549 g/mol. The van der Waals surface area contributed by atoms with Crippen molar-refractivity contribution in [3.8, 4) is 0 Å². The Kier molecular flexibility index (Phi) is 13.7. The number of pyridine rings is 1. The zero-order valence-corrected chi connectivity index (χ0v) is 22.4. The molecule has 8 nitrogen and oxygen atoms in total. The van der Waals surface area contributed by atoms with Crippen LogP contribution in [0.5, 0.6) is 0 Å². The summed E-state index contributed by atoms with van der Waals surface area (Å²) in [4.78, 5) is 23.1. The second-order valence-corrected chi connectivity index (χ2v) is 8.70. The van der Waals surface area contributed by atoms with E-state index in [0.29, 0.717) is 26.2 Å². The number of hydrogen-bond donors (Lipinski definition) is 2. The van der Waals surface area contributed by atoms with Crippen LogP contribution < -0.4 is 10.6 Å². The second kappa shape index (κ2) is 14.4. The van der Waals surface area contributed by atoms with Crippen molar-refractivity contribution in [2.24, 2.45) is 4.99 Å². The largest absolute Gasteiger partial charge is 0.444 e. The molecule has 0 aliphatic rings. The van der Waals surface area contributed by atoms with Crippen molar-refractivity contribution in [1.82, 2.24) is 20.5 Å². The fourth-order valence-corrected chi connectivity index (χ4v) is 2.43. The number of rotatable bonds is 10. The van der Waals surface area contributed by atoms with Gasteiger partial charge in [0.2, 0.25) is 0 Å². The Bertz CT molecular complexity index is 663. The van der Waals surface area contributed by atoms with E-state index in [1.807, 2.05) is 53.7 Å². The molecule has 0 aliphatic heterocycles. The summed E-state index contributed by atoms with van der Waals surface area (Å²) < 4.78 is 11.0. The van der Waals surface area contributed by atoms with Gasteiger partial charge in [0.25, 0.3) is 0 Å². The second-order valence-electron chi connectivity index (χ2n) is 8.70. The number of guanidine groups is 1. The van der Waals surface area contributed by atoms with Gasteiger partial charge >= 0.3 is 6.09 Å². The third-order valence-corrected chi connectivity index (χ3v) is 4.16. The summed E-state index contributed by atoms with van der Waals surface area (Å²) in [7, 11) is 1.68. The first-order valence-electron chi connectivity index (χ1n) is 10.5. The lowest BCUT2D eigenvalue weighted by Gasteiger charge is -2.27. The van der Waals surface area contributed by atoms with E-state index in [9.17, 15) is 4.79 Å². The predicted molar refractivity (Wildman–Crippen MR) is 136 cm³/mol. The van der Waals surface area contributed by atoms with Crippen LogP contribution in [0.2, 0.25) is 0 Å². The quantitative estimate of drug-likeness (QED) is 0.200. The summed E-state index contributed by atoms with van der Waals surface area (Å²) in [6.45, 7) is 14.6. The number of ether oxygens (including phenoxy) is 2. The van der Waals surface area contributed by atoms with Gasteiger partial charge in [0.05, 0.1) is 18.7 Å². The van der Waals surface area contributed by atoms with E-state index in [1.54, 1.807) is 24.4 Å². The molecule has 0 fully saturated rings. The molecular weight excluding hydrogens is 509 g/mol. The van der Waals surface area contributed by atoms with Gasteiger partial charge in [-0.1, -0.05) is 6.07 Å². The number of hydrogen-bond acceptors (Lipinski definition) is 5. The van der Waals surface area contributed by atoms with Crippen LogP contribution in [0.25, 0.3) is 0 Å². The van der Waals surface area contributed by atoms with Gasteiger partial charge < -0.3 is 25.0 Å². The lowest BCUT2D eigenvalue weighted by atomic mass is 10.1. The lowest BCUT2D eigenvalue weighted by Crippen LogP contribution is -2.41. The summed E-state index contributed by atoms with van der Waals surface area (Å²) >= 11 is 0. The molecule has 0 bridgehead atoms. The number of aromatic nitrogens is 1. The molecule has 1 rings (SSSR count). The fraction of sp³-hybridized carbons (Fsp3) is 0.682. The van der Waals surface area contributed by atoms with Crippen molar-refractivity contribution in [2.75, 3.05) is 33.3 Å².